The molecule has 2 aromatic heterocycles. The number of fused-ring (bicyclic) bond motifs is 1. The number of carboxylic acids is 1. The second-order valence-electron chi connectivity index (χ2n) is 2.38. The molecule has 2 aromatic rings. The van der Waals surface area contributed by atoms with Gasteiger partial charge in [-0.25, -0.2) is 0 Å². The highest BCUT2D eigenvalue weighted by Gasteiger charge is 2.23. The molecule has 0 bridgehead atoms. The van der Waals surface area contributed by atoms with E-state index < -0.39 is 10.8 Å². The van der Waals surface area contributed by atoms with Crippen LogP contribution in [0.3, 0.4) is 0 Å². The highest BCUT2D eigenvalue weighted by Crippen LogP contribution is 2.32. The van der Waals surface area contributed by atoms with Gasteiger partial charge in [0.2, 0.25) is 0 Å². The molecule has 0 spiro atoms. The van der Waals surface area contributed by atoms with Gasteiger partial charge in [0.1, 0.15) is 5.69 Å². The summed E-state index contributed by atoms with van der Waals surface area (Å²) >= 11 is 4.44. The number of rotatable bonds is 2. The van der Waals surface area contributed by atoms with Gasteiger partial charge < -0.3 is 9.63 Å². The van der Waals surface area contributed by atoms with Crippen LogP contribution in [0.4, 0.5) is 0 Å². The van der Waals surface area contributed by atoms with E-state index >= 15 is 0 Å². The molecule has 6 heteroatoms. The van der Waals surface area contributed by atoms with Gasteiger partial charge in [0.25, 0.3) is 0 Å². The Morgan fingerprint density at radius 1 is 1.77 bits per heavy atom. The third-order valence-electron chi connectivity index (χ3n) is 1.56. The summed E-state index contributed by atoms with van der Waals surface area (Å²) in [4.78, 5) is 9.84. The first-order valence-corrected chi connectivity index (χ1v) is 5.19. The lowest BCUT2D eigenvalue weighted by atomic mass is 10.3. The fraction of sp³-hybridized carbons (Fsp3) is 0.143. The number of aliphatic carboxylic acids is 1. The summed E-state index contributed by atoms with van der Waals surface area (Å²) < 4.78 is 5.71. The van der Waals surface area contributed by atoms with Crippen molar-refractivity contribution in [1.82, 2.24) is 5.16 Å². The molecule has 0 saturated heterocycles. The van der Waals surface area contributed by atoms with E-state index in [2.05, 4.69) is 21.1 Å². The summed E-state index contributed by atoms with van der Waals surface area (Å²) in [6.45, 7) is 0. The zero-order valence-corrected chi connectivity index (χ0v) is 8.63. The minimum absolute atomic E-state index is 0.428. The summed E-state index contributed by atoms with van der Waals surface area (Å²) in [7, 11) is 0. The second kappa shape index (κ2) is 3.12. The van der Waals surface area contributed by atoms with Crippen molar-refractivity contribution in [3.63, 3.8) is 0 Å². The molecule has 13 heavy (non-hydrogen) atoms. The third kappa shape index (κ3) is 1.36. The fourth-order valence-electron chi connectivity index (χ4n) is 0.974. The number of thiophene rings is 1. The molecule has 0 fully saturated rings. The van der Waals surface area contributed by atoms with E-state index in [0.29, 0.717) is 11.3 Å². The molecule has 0 radical (unpaired) electrons. The molecule has 1 atom stereocenters. The molecule has 1 unspecified atom stereocenters. The van der Waals surface area contributed by atoms with Crippen molar-refractivity contribution in [2.24, 2.45) is 0 Å². The summed E-state index contributed by atoms with van der Waals surface area (Å²) in [5.41, 5.74) is 1.06. The molecule has 68 valence electrons. The van der Waals surface area contributed by atoms with E-state index in [1.54, 1.807) is 6.07 Å². The molecule has 2 rings (SSSR count). The number of nitrogens with zero attached hydrogens (tertiary/aromatic N) is 1. The molecule has 0 aromatic carbocycles. The van der Waals surface area contributed by atoms with Crippen LogP contribution in [-0.4, -0.2) is 16.2 Å². The summed E-state index contributed by atoms with van der Waals surface area (Å²) in [6.07, 6.45) is 0. The highest BCUT2D eigenvalue weighted by molar-refractivity contribution is 9.09. The van der Waals surface area contributed by atoms with Crippen LogP contribution in [0.2, 0.25) is 0 Å². The number of alkyl halides is 1. The third-order valence-corrected chi connectivity index (χ3v) is 3.30. The van der Waals surface area contributed by atoms with Crippen LogP contribution in [0, 0.1) is 0 Å². The SMILES string of the molecule is O=C(O)C(Br)c1noc2ccsc12. The molecule has 2 heterocycles. The summed E-state index contributed by atoms with van der Waals surface area (Å²) in [5.74, 6) is -0.969. The van der Waals surface area contributed by atoms with Gasteiger partial charge in [0.15, 0.2) is 10.4 Å². The van der Waals surface area contributed by atoms with Crippen LogP contribution >= 0.6 is 27.3 Å². The number of halogens is 1. The Morgan fingerprint density at radius 2 is 2.54 bits per heavy atom. The van der Waals surface area contributed by atoms with Crippen molar-refractivity contribution in [1.29, 1.82) is 0 Å². The lowest BCUT2D eigenvalue weighted by Crippen LogP contribution is -2.04. The zero-order valence-electron chi connectivity index (χ0n) is 6.23. The molecule has 1 N–H and O–H groups in total. The maximum absolute atomic E-state index is 10.6. The Labute approximate surface area is 85.3 Å². The van der Waals surface area contributed by atoms with E-state index in [0.717, 1.165) is 4.70 Å². The van der Waals surface area contributed by atoms with Gasteiger partial charge in [0.05, 0.1) is 4.70 Å². The van der Waals surface area contributed by atoms with Gasteiger partial charge in [-0.3, -0.25) is 4.79 Å². The van der Waals surface area contributed by atoms with E-state index in [4.69, 9.17) is 9.63 Å². The van der Waals surface area contributed by atoms with Crippen molar-refractivity contribution in [2.45, 2.75) is 4.83 Å². The van der Waals surface area contributed by atoms with E-state index in [9.17, 15) is 4.79 Å². The first-order chi connectivity index (χ1) is 6.20. The smallest absolute Gasteiger partial charge is 0.323 e. The van der Waals surface area contributed by atoms with E-state index in [1.807, 2.05) is 5.38 Å². The zero-order chi connectivity index (χ0) is 9.42. The Kier molecular flexibility index (Phi) is 2.09. The Bertz CT molecular complexity index is 449. The highest BCUT2D eigenvalue weighted by atomic mass is 79.9. The van der Waals surface area contributed by atoms with Crippen LogP contribution in [0.15, 0.2) is 16.0 Å². The van der Waals surface area contributed by atoms with Gasteiger partial charge in [-0.15, -0.1) is 11.3 Å². The molecular weight excluding hydrogens is 258 g/mol. The summed E-state index contributed by atoms with van der Waals surface area (Å²) in [6, 6.07) is 1.76. The van der Waals surface area contributed by atoms with E-state index in [-0.39, 0.29) is 0 Å². The standard InChI is InChI=1S/C7H4BrNO3S/c8-4(7(10)11)5-6-3(12-9-5)1-2-13-6/h1-2,4H,(H,10,11). The van der Waals surface area contributed by atoms with Crippen LogP contribution in [0.25, 0.3) is 10.3 Å². The lowest BCUT2D eigenvalue weighted by molar-refractivity contribution is -0.136. The van der Waals surface area contributed by atoms with Gasteiger partial charge in [-0.2, -0.15) is 0 Å². The van der Waals surface area contributed by atoms with Gasteiger partial charge in [-0.05, 0) is 11.4 Å². The molecule has 4 nitrogen and oxygen atoms in total. The fourth-order valence-corrected chi connectivity index (χ4v) is 2.26. The first-order valence-electron chi connectivity index (χ1n) is 3.40. The quantitative estimate of drug-likeness (QED) is 0.844. The maximum Gasteiger partial charge on any atom is 0.323 e. The Balaban J connectivity index is 2.54. The number of aromatic nitrogens is 1. The van der Waals surface area contributed by atoms with Gasteiger partial charge in [0, 0.05) is 0 Å². The average Bonchev–Trinajstić information content (AvgIpc) is 2.61. The van der Waals surface area contributed by atoms with Gasteiger partial charge in [-0.1, -0.05) is 21.1 Å². The second-order valence-corrected chi connectivity index (χ2v) is 4.21. The Hall–Kier alpha value is -0.880. The van der Waals surface area contributed by atoms with Crippen LogP contribution < -0.4 is 0 Å². The minimum atomic E-state index is -0.969. The number of hydrogen-bond acceptors (Lipinski definition) is 4. The van der Waals surface area contributed by atoms with Crippen molar-refractivity contribution in [3.05, 3.63) is 17.1 Å². The van der Waals surface area contributed by atoms with Crippen LogP contribution in [-0.2, 0) is 4.79 Å². The monoisotopic (exact) mass is 261 g/mol. The largest absolute Gasteiger partial charge is 0.480 e. The molecule has 0 aliphatic carbocycles. The molecule has 0 saturated carbocycles. The topological polar surface area (TPSA) is 63.3 Å². The number of carboxylic acid groups (broad SMARTS) is 1. The van der Waals surface area contributed by atoms with Crippen molar-refractivity contribution < 1.29 is 14.4 Å². The molecule has 0 aliphatic heterocycles. The van der Waals surface area contributed by atoms with Crippen molar-refractivity contribution >= 4 is 43.5 Å². The predicted octanol–water partition coefficient (Wildman–Crippen LogP) is 2.41. The predicted molar refractivity (Wildman–Crippen MR) is 51.2 cm³/mol. The lowest BCUT2D eigenvalue weighted by Gasteiger charge is -1.96. The van der Waals surface area contributed by atoms with Crippen molar-refractivity contribution in [2.75, 3.05) is 0 Å². The normalized spacial score (nSPS) is 13.3. The average molecular weight is 262 g/mol. The Morgan fingerprint density at radius 3 is 3.23 bits per heavy atom. The minimum Gasteiger partial charge on any atom is -0.480 e. The van der Waals surface area contributed by atoms with Gasteiger partial charge >= 0.3 is 5.97 Å². The molecule has 0 amide bonds. The summed E-state index contributed by atoms with van der Waals surface area (Å²) in [5, 5.41) is 14.2. The van der Waals surface area contributed by atoms with Crippen LogP contribution in [0.5, 0.6) is 0 Å². The first kappa shape index (κ1) is 8.71. The van der Waals surface area contributed by atoms with Crippen molar-refractivity contribution in [3.8, 4) is 0 Å². The molecule has 0 aliphatic rings. The maximum atomic E-state index is 10.6. The van der Waals surface area contributed by atoms with Crippen LogP contribution in [0.1, 0.15) is 10.5 Å². The number of hydrogen-bond donors (Lipinski definition) is 1. The van der Waals surface area contributed by atoms with E-state index in [1.165, 1.54) is 11.3 Å². The molecular formula is C7H4BrNO3S. The number of carbonyl (C=O) groups is 1.